The van der Waals surface area contributed by atoms with Crippen LogP contribution in [-0.2, 0) is 4.79 Å². The van der Waals surface area contributed by atoms with Gasteiger partial charge < -0.3 is 5.32 Å². The molecule has 0 radical (unpaired) electrons. The summed E-state index contributed by atoms with van der Waals surface area (Å²) in [6, 6.07) is 8.06. The number of para-hydroxylation sites is 1. The molecule has 6 nitrogen and oxygen atoms in total. The van der Waals surface area contributed by atoms with E-state index in [9.17, 15) is 9.59 Å². The van der Waals surface area contributed by atoms with Crippen molar-refractivity contribution < 1.29 is 9.59 Å². The highest BCUT2D eigenvalue weighted by Gasteiger charge is 2.52. The minimum absolute atomic E-state index is 0.0100. The van der Waals surface area contributed by atoms with Gasteiger partial charge in [0.15, 0.2) is 0 Å². The van der Waals surface area contributed by atoms with Gasteiger partial charge in [0.25, 0.3) is 5.91 Å². The van der Waals surface area contributed by atoms with Crippen LogP contribution in [0.1, 0.15) is 62.8 Å². The lowest BCUT2D eigenvalue weighted by Gasteiger charge is -2.36. The second-order valence-corrected chi connectivity index (χ2v) is 10.2. The third kappa shape index (κ3) is 3.52. The van der Waals surface area contributed by atoms with Crippen molar-refractivity contribution in [1.29, 1.82) is 0 Å². The Labute approximate surface area is 181 Å². The van der Waals surface area contributed by atoms with Crippen LogP contribution in [0.15, 0.2) is 24.3 Å². The van der Waals surface area contributed by atoms with Crippen molar-refractivity contribution in [3.8, 4) is 0 Å². The summed E-state index contributed by atoms with van der Waals surface area (Å²) in [5, 5.41) is 4.24. The van der Waals surface area contributed by atoms with E-state index in [4.69, 9.17) is 4.98 Å². The minimum Gasteiger partial charge on any atom is -0.323 e. The highest BCUT2D eigenvalue weighted by molar-refractivity contribution is 7.18. The maximum atomic E-state index is 13.2. The van der Waals surface area contributed by atoms with Gasteiger partial charge in [-0.3, -0.25) is 9.69 Å². The molecule has 7 heteroatoms. The molecule has 2 aromatic rings. The van der Waals surface area contributed by atoms with E-state index in [2.05, 4.69) is 35.3 Å². The maximum Gasteiger partial charge on any atom is 0.326 e. The highest BCUT2D eigenvalue weighted by Crippen LogP contribution is 2.38. The first-order chi connectivity index (χ1) is 14.6. The molecule has 1 aliphatic carbocycles. The van der Waals surface area contributed by atoms with E-state index in [0.717, 1.165) is 63.6 Å². The van der Waals surface area contributed by atoms with E-state index >= 15 is 0 Å². The number of aromatic nitrogens is 1. The molecule has 2 saturated heterocycles. The number of carbonyl (C=O) groups excluding carboxylic acids is 2. The second kappa shape index (κ2) is 7.93. The number of rotatable bonds is 4. The summed E-state index contributed by atoms with van der Waals surface area (Å²) in [7, 11) is 0. The van der Waals surface area contributed by atoms with Crippen LogP contribution in [0.2, 0.25) is 0 Å². The number of amides is 3. The number of piperidine rings is 1. The fourth-order valence-electron chi connectivity index (χ4n) is 5.37. The second-order valence-electron chi connectivity index (χ2n) is 9.17. The first kappa shape index (κ1) is 19.9. The summed E-state index contributed by atoms with van der Waals surface area (Å²) in [6.07, 6.45) is 6.94. The number of hydrogen-bond donors (Lipinski definition) is 1. The number of carbonyl (C=O) groups is 2. The Hall–Kier alpha value is -1.99. The third-order valence-electron chi connectivity index (χ3n) is 7.29. The molecule has 0 bridgehead atoms. The van der Waals surface area contributed by atoms with Gasteiger partial charge in [-0.25, -0.2) is 14.7 Å². The number of thiazole rings is 1. The monoisotopic (exact) mass is 426 g/mol. The highest BCUT2D eigenvalue weighted by atomic mass is 32.1. The lowest BCUT2D eigenvalue weighted by molar-refractivity contribution is -0.134. The van der Waals surface area contributed by atoms with Crippen LogP contribution in [0.5, 0.6) is 0 Å². The van der Waals surface area contributed by atoms with Crippen LogP contribution < -0.4 is 5.32 Å². The largest absolute Gasteiger partial charge is 0.326 e. The number of benzene rings is 1. The molecule has 2 aliphatic heterocycles. The van der Waals surface area contributed by atoms with Gasteiger partial charge in [-0.15, -0.1) is 11.3 Å². The SMILES string of the molecule is CCC1CCC2(CC1)NC(=O)N(CN1CCC[C@H](c3nc4ccccc4s3)C1)C2=O. The molecule has 3 heterocycles. The number of urea groups is 1. The van der Waals surface area contributed by atoms with Gasteiger partial charge >= 0.3 is 6.03 Å². The Kier molecular flexibility index (Phi) is 5.27. The summed E-state index contributed by atoms with van der Waals surface area (Å²) in [4.78, 5) is 34.5. The minimum atomic E-state index is -0.648. The predicted molar refractivity (Wildman–Crippen MR) is 118 cm³/mol. The molecule has 1 spiro atoms. The van der Waals surface area contributed by atoms with Crippen LogP contribution >= 0.6 is 11.3 Å². The number of nitrogens with zero attached hydrogens (tertiary/aromatic N) is 3. The zero-order valence-electron chi connectivity index (χ0n) is 17.6. The van der Waals surface area contributed by atoms with Crippen molar-refractivity contribution in [1.82, 2.24) is 20.1 Å². The average molecular weight is 427 g/mol. The molecule has 1 N–H and O–H groups in total. The van der Waals surface area contributed by atoms with Crippen molar-refractivity contribution in [2.24, 2.45) is 5.92 Å². The smallest absolute Gasteiger partial charge is 0.323 e. The third-order valence-corrected chi connectivity index (χ3v) is 8.49. The molecule has 0 unspecified atom stereocenters. The van der Waals surface area contributed by atoms with Crippen molar-refractivity contribution in [2.45, 2.75) is 63.3 Å². The fourth-order valence-corrected chi connectivity index (χ4v) is 6.47. The number of imide groups is 1. The summed E-state index contributed by atoms with van der Waals surface area (Å²) in [6.45, 7) is 4.37. The average Bonchev–Trinajstić information content (AvgIpc) is 3.30. The van der Waals surface area contributed by atoms with E-state index in [1.165, 1.54) is 14.6 Å². The first-order valence-corrected chi connectivity index (χ1v) is 12.1. The van der Waals surface area contributed by atoms with Gasteiger partial charge in [0.1, 0.15) is 5.54 Å². The van der Waals surface area contributed by atoms with Crippen molar-refractivity contribution >= 4 is 33.5 Å². The van der Waals surface area contributed by atoms with E-state index in [1.54, 1.807) is 11.3 Å². The molecule has 3 fully saturated rings. The van der Waals surface area contributed by atoms with Gasteiger partial charge in [0, 0.05) is 12.5 Å². The molecular formula is C23H30N4O2S. The molecule has 30 heavy (non-hydrogen) atoms. The predicted octanol–water partition coefficient (Wildman–Crippen LogP) is 4.32. The fraction of sp³-hybridized carbons (Fsp3) is 0.609. The molecule has 160 valence electrons. The molecule has 3 aliphatic rings. The van der Waals surface area contributed by atoms with Crippen molar-refractivity contribution in [2.75, 3.05) is 19.8 Å². The Morgan fingerprint density at radius 2 is 2.00 bits per heavy atom. The summed E-state index contributed by atoms with van der Waals surface area (Å²) in [5.74, 6) is 1.04. The van der Waals surface area contributed by atoms with E-state index in [0.29, 0.717) is 18.5 Å². The van der Waals surface area contributed by atoms with E-state index in [1.807, 2.05) is 6.07 Å². The Balaban J connectivity index is 1.26. The molecule has 5 rings (SSSR count). The van der Waals surface area contributed by atoms with Crippen LogP contribution in [-0.4, -0.2) is 52.0 Å². The van der Waals surface area contributed by atoms with Crippen LogP contribution in [0, 0.1) is 5.92 Å². The maximum absolute atomic E-state index is 13.2. The molecule has 3 amide bonds. The molecule has 1 aromatic carbocycles. The normalized spacial score (nSPS) is 30.4. The number of likely N-dealkylation sites (tertiary alicyclic amines) is 1. The molecule has 1 atom stereocenters. The van der Waals surface area contributed by atoms with Crippen LogP contribution in [0.3, 0.4) is 0 Å². The number of fused-ring (bicyclic) bond motifs is 1. The molecule has 1 aromatic heterocycles. The standard InChI is InChI=1S/C23H30N4O2S/c1-2-16-9-11-23(12-10-16)21(28)27(22(29)25-23)15-26-13-5-6-17(14-26)20-24-18-7-3-4-8-19(18)30-20/h3-4,7-8,16-17H,2,5-6,9-15H2,1H3,(H,25,29)/t16?,17-,23?/m0/s1. The summed E-state index contributed by atoms with van der Waals surface area (Å²) >= 11 is 1.77. The number of hydrogen-bond acceptors (Lipinski definition) is 5. The Bertz CT molecular complexity index is 917. The topological polar surface area (TPSA) is 65.5 Å². The first-order valence-electron chi connectivity index (χ1n) is 11.3. The molecule has 1 saturated carbocycles. The van der Waals surface area contributed by atoms with Gasteiger partial charge in [-0.2, -0.15) is 0 Å². The van der Waals surface area contributed by atoms with Crippen LogP contribution in [0.4, 0.5) is 4.79 Å². The van der Waals surface area contributed by atoms with Gasteiger partial charge in [-0.1, -0.05) is 25.5 Å². The van der Waals surface area contributed by atoms with Crippen molar-refractivity contribution in [3.63, 3.8) is 0 Å². The lowest BCUT2D eigenvalue weighted by atomic mass is 9.75. The lowest BCUT2D eigenvalue weighted by Crippen LogP contribution is -2.50. The van der Waals surface area contributed by atoms with Gasteiger partial charge in [-0.05, 0) is 63.1 Å². The zero-order valence-corrected chi connectivity index (χ0v) is 18.4. The summed E-state index contributed by atoms with van der Waals surface area (Å²) < 4.78 is 1.23. The molecular weight excluding hydrogens is 396 g/mol. The quantitative estimate of drug-likeness (QED) is 0.740. The van der Waals surface area contributed by atoms with Crippen LogP contribution in [0.25, 0.3) is 10.2 Å². The Morgan fingerprint density at radius 3 is 2.77 bits per heavy atom. The zero-order chi connectivity index (χ0) is 20.7. The van der Waals surface area contributed by atoms with Gasteiger partial charge in [0.05, 0.1) is 21.9 Å². The van der Waals surface area contributed by atoms with E-state index in [-0.39, 0.29) is 11.9 Å². The Morgan fingerprint density at radius 1 is 1.20 bits per heavy atom. The van der Waals surface area contributed by atoms with Gasteiger partial charge in [0.2, 0.25) is 0 Å². The van der Waals surface area contributed by atoms with E-state index < -0.39 is 5.54 Å². The van der Waals surface area contributed by atoms with Crippen molar-refractivity contribution in [3.05, 3.63) is 29.3 Å². The number of nitrogens with one attached hydrogen (secondary N) is 1. The summed E-state index contributed by atoms with van der Waals surface area (Å²) in [5.41, 5.74) is 0.415.